The third-order valence-corrected chi connectivity index (χ3v) is 7.94. The fourth-order valence-corrected chi connectivity index (χ4v) is 5.69. The number of anilines is 3. The molecule has 2 aromatic carbocycles. The molecule has 12 heteroatoms. The van der Waals surface area contributed by atoms with Crippen LogP contribution in [-0.4, -0.2) is 57.3 Å². The van der Waals surface area contributed by atoms with Crippen LogP contribution in [0, 0.1) is 0 Å². The Labute approximate surface area is 227 Å². The number of carbonyl (C=O) groups excluding carboxylic acids is 1. The summed E-state index contributed by atoms with van der Waals surface area (Å²) in [7, 11) is 0. The maximum absolute atomic E-state index is 12.7. The number of imidazole rings is 1. The zero-order valence-electron chi connectivity index (χ0n) is 20.0. The monoisotopic (exact) mass is 557 g/mol. The van der Waals surface area contributed by atoms with Crippen LogP contribution in [0.2, 0.25) is 10.0 Å². The maximum atomic E-state index is 12.7. The number of rotatable bonds is 7. The number of aromatic nitrogens is 3. The van der Waals surface area contributed by atoms with Gasteiger partial charge in [-0.2, -0.15) is 0 Å². The van der Waals surface area contributed by atoms with Crippen LogP contribution in [0.25, 0.3) is 5.65 Å². The van der Waals surface area contributed by atoms with E-state index in [0.29, 0.717) is 37.7 Å². The molecule has 1 amide bonds. The van der Waals surface area contributed by atoms with Crippen LogP contribution in [-0.2, 0) is 17.6 Å². The van der Waals surface area contributed by atoms with Crippen molar-refractivity contribution in [1.82, 2.24) is 19.7 Å². The average Bonchev–Trinajstić information content (AvgIpc) is 3.36. The predicted molar refractivity (Wildman–Crippen MR) is 148 cm³/mol. The molecule has 1 atom stereocenters. The molecule has 192 valence electrons. The lowest BCUT2D eigenvalue weighted by atomic mass is 10.1. The number of amides is 1. The highest BCUT2D eigenvalue weighted by molar-refractivity contribution is 7.90. The Morgan fingerprint density at radius 3 is 2.62 bits per heavy atom. The molecule has 0 spiro atoms. The maximum Gasteiger partial charge on any atom is 0.256 e. The number of nitrogens with one attached hydrogen (secondary N) is 2. The van der Waals surface area contributed by atoms with Crippen LogP contribution in [0.1, 0.15) is 21.7 Å². The lowest BCUT2D eigenvalue weighted by molar-refractivity contribution is 0.100. The van der Waals surface area contributed by atoms with Gasteiger partial charge in [-0.1, -0.05) is 29.3 Å². The molecule has 2 aromatic heterocycles. The van der Waals surface area contributed by atoms with Crippen LogP contribution in [0.4, 0.5) is 17.2 Å². The number of nitrogens with zero attached hydrogens (tertiary/aromatic N) is 4. The Balaban J connectivity index is 1.59. The number of benzene rings is 2. The highest BCUT2D eigenvalue weighted by Gasteiger charge is 2.24. The second-order valence-corrected chi connectivity index (χ2v) is 10.8. The molecule has 4 aromatic rings. The first kappa shape index (κ1) is 25.6. The van der Waals surface area contributed by atoms with Gasteiger partial charge in [0.05, 0.1) is 5.69 Å². The molecule has 0 radical (unpaired) electrons. The average molecular weight is 558 g/mol. The van der Waals surface area contributed by atoms with Gasteiger partial charge in [0.25, 0.3) is 5.91 Å². The van der Waals surface area contributed by atoms with Crippen LogP contribution < -0.4 is 21.3 Å². The van der Waals surface area contributed by atoms with Crippen LogP contribution >= 0.6 is 23.2 Å². The van der Waals surface area contributed by atoms with Gasteiger partial charge in [-0.15, -0.1) is 0 Å². The van der Waals surface area contributed by atoms with Crippen molar-refractivity contribution in [3.8, 4) is 0 Å². The minimum Gasteiger partial charge on any atom is -0.612 e. The van der Waals surface area contributed by atoms with E-state index in [9.17, 15) is 9.35 Å². The van der Waals surface area contributed by atoms with Gasteiger partial charge >= 0.3 is 0 Å². The largest absolute Gasteiger partial charge is 0.612 e. The summed E-state index contributed by atoms with van der Waals surface area (Å²) in [5.74, 6) is 0.0720. The van der Waals surface area contributed by atoms with Gasteiger partial charge in [-0.3, -0.25) is 9.20 Å². The summed E-state index contributed by atoms with van der Waals surface area (Å²) in [6.45, 7) is 3.50. The first-order chi connectivity index (χ1) is 17.8. The molecular weight excluding hydrogens is 533 g/mol. The molecule has 5 rings (SSSR count). The number of piperazine rings is 1. The highest BCUT2D eigenvalue weighted by atomic mass is 35.5. The summed E-state index contributed by atoms with van der Waals surface area (Å²) in [6.07, 6.45) is 5.17. The van der Waals surface area contributed by atoms with Gasteiger partial charge in [-0.25, -0.2) is 9.97 Å². The zero-order valence-corrected chi connectivity index (χ0v) is 22.3. The molecule has 3 heterocycles. The van der Waals surface area contributed by atoms with Gasteiger partial charge in [0.15, 0.2) is 10.5 Å². The second kappa shape index (κ2) is 10.8. The number of hydrogen-bond acceptors (Lipinski definition) is 7. The SMILES string of the molecule is C[S+]([O-])c1cc(N2CCNCC2)ccc1Nc1nc(Cc2c(Cl)cccc2Cl)n2ccnc2c1C(N)=O. The zero-order chi connectivity index (χ0) is 26.1. The summed E-state index contributed by atoms with van der Waals surface area (Å²) in [4.78, 5) is 24.5. The normalized spacial score (nSPS) is 14.6. The first-order valence-electron chi connectivity index (χ1n) is 11.6. The Hall–Kier alpha value is -3.02. The van der Waals surface area contributed by atoms with E-state index in [-0.39, 0.29) is 17.8 Å². The minimum absolute atomic E-state index is 0.123. The van der Waals surface area contributed by atoms with Crippen LogP contribution in [0.15, 0.2) is 53.7 Å². The fraction of sp³-hybridized carbons (Fsp3) is 0.240. The minimum atomic E-state index is -1.31. The van der Waals surface area contributed by atoms with Crippen LogP contribution in [0.3, 0.4) is 0 Å². The first-order valence-corrected chi connectivity index (χ1v) is 13.9. The Bertz CT molecular complexity index is 1450. The van der Waals surface area contributed by atoms with Gasteiger partial charge in [0.2, 0.25) is 0 Å². The van der Waals surface area contributed by atoms with Crippen molar-refractivity contribution in [2.75, 3.05) is 42.7 Å². The quantitative estimate of drug-likeness (QED) is 0.296. The van der Waals surface area contributed by atoms with Crippen molar-refractivity contribution in [3.05, 3.63) is 75.8 Å². The number of halogens is 2. The highest BCUT2D eigenvalue weighted by Crippen LogP contribution is 2.33. The molecule has 1 fully saturated rings. The summed E-state index contributed by atoms with van der Waals surface area (Å²) < 4.78 is 14.4. The van der Waals surface area contributed by atoms with Crippen molar-refractivity contribution in [1.29, 1.82) is 0 Å². The third kappa shape index (κ3) is 5.21. The second-order valence-electron chi connectivity index (χ2n) is 8.61. The predicted octanol–water partition coefficient (Wildman–Crippen LogP) is 3.62. The number of carbonyl (C=O) groups is 1. The molecule has 37 heavy (non-hydrogen) atoms. The van der Waals surface area contributed by atoms with Crippen LogP contribution in [0.5, 0.6) is 0 Å². The smallest absolute Gasteiger partial charge is 0.256 e. The molecule has 0 aliphatic carbocycles. The number of fused-ring (bicyclic) bond motifs is 1. The van der Waals surface area contributed by atoms with Gasteiger partial charge in [-0.05, 0) is 41.0 Å². The number of nitrogens with two attached hydrogens (primary N) is 1. The standard InChI is InChI=1S/C25H25Cl2N7O2S/c1-37(36)20-13-15(33-10-7-29-8-11-33)5-6-19(20)31-24-22(23(28)35)25-30-9-12-34(25)21(32-24)14-16-17(26)3-2-4-18(16)27/h2-6,9,12-13,29,31H,7-8,10-11,14H2,1H3,(H2,28,35). The topological polar surface area (TPSA) is 124 Å². The van der Waals surface area contributed by atoms with Crippen molar-refractivity contribution >= 4 is 63.1 Å². The molecule has 1 saturated heterocycles. The molecule has 9 nitrogen and oxygen atoms in total. The summed E-state index contributed by atoms with van der Waals surface area (Å²) in [6, 6.07) is 11.0. The Kier molecular flexibility index (Phi) is 7.45. The van der Waals surface area contributed by atoms with Crippen molar-refractivity contribution in [2.24, 2.45) is 5.73 Å². The molecule has 1 aliphatic rings. The lowest BCUT2D eigenvalue weighted by Crippen LogP contribution is -2.43. The van der Waals surface area contributed by atoms with Gasteiger partial charge in [0, 0.05) is 66.8 Å². The Morgan fingerprint density at radius 2 is 1.95 bits per heavy atom. The van der Waals surface area contributed by atoms with Gasteiger partial charge < -0.3 is 25.8 Å². The van der Waals surface area contributed by atoms with E-state index in [1.165, 1.54) is 0 Å². The molecule has 1 aliphatic heterocycles. The number of primary amides is 1. The van der Waals surface area contributed by atoms with Crippen molar-refractivity contribution < 1.29 is 9.35 Å². The van der Waals surface area contributed by atoms with E-state index >= 15 is 0 Å². The summed E-state index contributed by atoms with van der Waals surface area (Å²) >= 11 is 11.5. The number of hydrogen-bond donors (Lipinski definition) is 3. The Morgan fingerprint density at radius 1 is 1.22 bits per heavy atom. The lowest BCUT2D eigenvalue weighted by Gasteiger charge is -2.30. The van der Waals surface area contributed by atoms with Crippen molar-refractivity contribution in [2.45, 2.75) is 11.3 Å². The molecule has 0 saturated carbocycles. The summed E-state index contributed by atoms with van der Waals surface area (Å²) in [5, 5.41) is 7.56. The van der Waals surface area contributed by atoms with E-state index in [2.05, 4.69) is 20.5 Å². The fourth-order valence-electron chi connectivity index (χ4n) is 4.44. The van der Waals surface area contributed by atoms with Crippen molar-refractivity contribution in [3.63, 3.8) is 0 Å². The third-order valence-electron chi connectivity index (χ3n) is 6.27. The van der Waals surface area contributed by atoms with E-state index in [0.717, 1.165) is 31.9 Å². The van der Waals surface area contributed by atoms with Gasteiger partial charge in [0.1, 0.15) is 23.5 Å². The molecule has 0 bridgehead atoms. The van der Waals surface area contributed by atoms with E-state index < -0.39 is 17.1 Å². The molecular formula is C25H25Cl2N7O2S. The molecule has 1 unspecified atom stereocenters. The van der Waals surface area contributed by atoms with E-state index in [4.69, 9.17) is 33.9 Å². The van der Waals surface area contributed by atoms with E-state index in [1.54, 1.807) is 41.2 Å². The van der Waals surface area contributed by atoms with E-state index in [1.807, 2.05) is 18.2 Å². The summed E-state index contributed by atoms with van der Waals surface area (Å²) in [5.41, 5.74) is 8.49. The molecule has 4 N–H and O–H groups in total.